The number of nitrogens with two attached hydrogens (primary N) is 1. The molecule has 1 aromatic heterocycles. The summed E-state index contributed by atoms with van der Waals surface area (Å²) in [6, 6.07) is 8.02. The van der Waals surface area contributed by atoms with Crippen molar-refractivity contribution in [3.63, 3.8) is 0 Å². The Bertz CT molecular complexity index is 773. The lowest BCUT2D eigenvalue weighted by atomic mass is 10.0. The Morgan fingerprint density at radius 2 is 2.18 bits per heavy atom. The zero-order chi connectivity index (χ0) is 15.7. The molecule has 0 spiro atoms. The van der Waals surface area contributed by atoms with E-state index in [0.29, 0.717) is 5.13 Å². The monoisotopic (exact) mass is 339 g/mol. The predicted molar refractivity (Wildman–Crippen MR) is 85.8 cm³/mol. The second-order valence-electron chi connectivity index (χ2n) is 5.10. The molecule has 118 valence electrons. The van der Waals surface area contributed by atoms with Crippen LogP contribution in [0.1, 0.15) is 24.4 Å². The van der Waals surface area contributed by atoms with Gasteiger partial charge < -0.3 is 9.64 Å². The van der Waals surface area contributed by atoms with Crippen molar-refractivity contribution < 1.29 is 13.2 Å². The number of hydrogen-bond donors (Lipinski definition) is 1. The van der Waals surface area contributed by atoms with E-state index >= 15 is 0 Å². The van der Waals surface area contributed by atoms with Crippen LogP contribution in [-0.4, -0.2) is 27.1 Å². The van der Waals surface area contributed by atoms with Gasteiger partial charge in [0, 0.05) is 12.1 Å². The van der Waals surface area contributed by atoms with E-state index in [1.54, 1.807) is 7.11 Å². The molecule has 1 aliphatic rings. The van der Waals surface area contributed by atoms with Crippen LogP contribution in [0.25, 0.3) is 0 Å². The molecular formula is C14H17N3O3S2. The topological polar surface area (TPSA) is 85.5 Å². The van der Waals surface area contributed by atoms with Crippen LogP contribution < -0.4 is 14.8 Å². The van der Waals surface area contributed by atoms with Crippen molar-refractivity contribution in [2.24, 2.45) is 5.14 Å². The molecule has 0 aliphatic carbocycles. The van der Waals surface area contributed by atoms with E-state index in [0.717, 1.165) is 42.0 Å². The van der Waals surface area contributed by atoms with E-state index in [-0.39, 0.29) is 10.3 Å². The normalized spacial score (nSPS) is 18.6. The largest absolute Gasteiger partial charge is 0.496 e. The number of ether oxygens (including phenoxy) is 1. The Kier molecular flexibility index (Phi) is 4.07. The van der Waals surface area contributed by atoms with Gasteiger partial charge in [-0.2, -0.15) is 0 Å². The maximum absolute atomic E-state index is 11.4. The molecule has 8 heteroatoms. The number of anilines is 1. The summed E-state index contributed by atoms with van der Waals surface area (Å²) >= 11 is 1.11. The first-order chi connectivity index (χ1) is 10.5. The van der Waals surface area contributed by atoms with Crippen molar-refractivity contribution in [2.75, 3.05) is 18.6 Å². The Balaban J connectivity index is 1.95. The second-order valence-corrected chi connectivity index (χ2v) is 7.90. The standard InChI is InChI=1S/C14H17N3O3S2/c1-20-12-7-3-2-5-10(12)11-6-4-8-17(11)14-16-9-13(21-14)22(15,18)19/h2-3,5,7,9,11H,4,6,8H2,1H3,(H2,15,18,19). The molecule has 1 atom stereocenters. The Labute approximate surface area is 133 Å². The van der Waals surface area contributed by atoms with Gasteiger partial charge in [-0.1, -0.05) is 29.5 Å². The highest BCUT2D eigenvalue weighted by Crippen LogP contribution is 2.41. The lowest BCUT2D eigenvalue weighted by molar-refractivity contribution is 0.405. The first kappa shape index (κ1) is 15.3. The molecule has 1 fully saturated rings. The highest BCUT2D eigenvalue weighted by Gasteiger charge is 2.30. The number of sulfonamides is 1. The minimum Gasteiger partial charge on any atom is -0.496 e. The van der Waals surface area contributed by atoms with E-state index in [9.17, 15) is 8.42 Å². The molecule has 2 N–H and O–H groups in total. The number of methoxy groups -OCH3 is 1. The van der Waals surface area contributed by atoms with Crippen LogP contribution in [0.2, 0.25) is 0 Å². The Morgan fingerprint density at radius 3 is 2.86 bits per heavy atom. The Morgan fingerprint density at radius 1 is 1.41 bits per heavy atom. The molecule has 0 saturated carbocycles. The average Bonchev–Trinajstić information content (AvgIpc) is 3.15. The summed E-state index contributed by atoms with van der Waals surface area (Å²) in [4.78, 5) is 6.36. The van der Waals surface area contributed by atoms with Gasteiger partial charge in [0.25, 0.3) is 0 Å². The highest BCUT2D eigenvalue weighted by atomic mass is 32.2. The summed E-state index contributed by atoms with van der Waals surface area (Å²) in [5.41, 5.74) is 1.09. The van der Waals surface area contributed by atoms with Gasteiger partial charge in [-0.05, 0) is 18.9 Å². The van der Waals surface area contributed by atoms with Crippen LogP contribution in [0.5, 0.6) is 5.75 Å². The lowest BCUT2D eigenvalue weighted by Gasteiger charge is -2.25. The smallest absolute Gasteiger partial charge is 0.249 e. The van der Waals surface area contributed by atoms with Crippen LogP contribution >= 0.6 is 11.3 Å². The van der Waals surface area contributed by atoms with Crippen LogP contribution in [-0.2, 0) is 10.0 Å². The molecule has 2 heterocycles. The summed E-state index contributed by atoms with van der Waals surface area (Å²) < 4.78 is 28.4. The maximum atomic E-state index is 11.4. The lowest BCUT2D eigenvalue weighted by Crippen LogP contribution is -2.22. The SMILES string of the molecule is COc1ccccc1C1CCCN1c1ncc(S(N)(=O)=O)s1. The molecule has 22 heavy (non-hydrogen) atoms. The molecule has 1 saturated heterocycles. The van der Waals surface area contributed by atoms with Crippen molar-refractivity contribution in [3.05, 3.63) is 36.0 Å². The molecule has 0 radical (unpaired) electrons. The number of benzene rings is 1. The molecule has 1 aromatic carbocycles. The molecule has 1 aliphatic heterocycles. The van der Waals surface area contributed by atoms with Crippen LogP contribution in [0.4, 0.5) is 5.13 Å². The maximum Gasteiger partial charge on any atom is 0.249 e. The molecule has 1 unspecified atom stereocenters. The van der Waals surface area contributed by atoms with E-state index in [1.165, 1.54) is 6.20 Å². The van der Waals surface area contributed by atoms with Crippen molar-refractivity contribution in [1.82, 2.24) is 4.98 Å². The second kappa shape index (κ2) is 5.86. The summed E-state index contributed by atoms with van der Waals surface area (Å²) in [7, 11) is -2.05. The molecule has 6 nitrogen and oxygen atoms in total. The number of nitrogens with zero attached hydrogens (tertiary/aromatic N) is 2. The molecule has 0 amide bonds. The minimum absolute atomic E-state index is 0.0909. The Hall–Kier alpha value is -1.64. The first-order valence-electron chi connectivity index (χ1n) is 6.89. The highest BCUT2D eigenvalue weighted by molar-refractivity contribution is 7.91. The fraction of sp³-hybridized carbons (Fsp3) is 0.357. The predicted octanol–water partition coefficient (Wildman–Crippen LogP) is 2.14. The number of rotatable bonds is 4. The average molecular weight is 339 g/mol. The number of aromatic nitrogens is 1. The van der Waals surface area contributed by atoms with E-state index < -0.39 is 10.0 Å². The summed E-state index contributed by atoms with van der Waals surface area (Å²) in [5, 5.41) is 5.84. The van der Waals surface area contributed by atoms with Gasteiger partial charge in [-0.3, -0.25) is 0 Å². The van der Waals surface area contributed by atoms with Gasteiger partial charge in [0.2, 0.25) is 10.0 Å². The molecular weight excluding hydrogens is 322 g/mol. The molecule has 2 aromatic rings. The van der Waals surface area contributed by atoms with Crippen molar-refractivity contribution in [2.45, 2.75) is 23.1 Å². The van der Waals surface area contributed by atoms with Crippen LogP contribution in [0, 0.1) is 0 Å². The summed E-state index contributed by atoms with van der Waals surface area (Å²) in [5.74, 6) is 0.836. The fourth-order valence-electron chi connectivity index (χ4n) is 2.78. The fourth-order valence-corrected chi connectivity index (χ4v) is 4.39. The van der Waals surface area contributed by atoms with Crippen LogP contribution in [0.15, 0.2) is 34.7 Å². The summed E-state index contributed by atoms with van der Waals surface area (Å²) in [6.07, 6.45) is 3.32. The van der Waals surface area contributed by atoms with Gasteiger partial charge in [0.05, 0.1) is 19.3 Å². The van der Waals surface area contributed by atoms with Gasteiger partial charge in [0.1, 0.15) is 5.75 Å². The molecule has 0 bridgehead atoms. The van der Waals surface area contributed by atoms with Gasteiger partial charge in [-0.15, -0.1) is 0 Å². The van der Waals surface area contributed by atoms with Gasteiger partial charge >= 0.3 is 0 Å². The third-order valence-electron chi connectivity index (χ3n) is 3.75. The number of primary sulfonamides is 1. The zero-order valence-electron chi connectivity index (χ0n) is 12.1. The number of thiazole rings is 1. The van der Waals surface area contributed by atoms with Gasteiger partial charge in [-0.25, -0.2) is 18.5 Å². The number of hydrogen-bond acceptors (Lipinski definition) is 6. The minimum atomic E-state index is -3.70. The quantitative estimate of drug-likeness (QED) is 0.922. The van der Waals surface area contributed by atoms with E-state index in [1.807, 2.05) is 24.3 Å². The molecule has 3 rings (SSSR count). The zero-order valence-corrected chi connectivity index (χ0v) is 13.7. The third-order valence-corrected chi connectivity index (χ3v) is 6.19. The number of para-hydroxylation sites is 1. The van der Waals surface area contributed by atoms with E-state index in [4.69, 9.17) is 9.88 Å². The van der Waals surface area contributed by atoms with Crippen molar-refractivity contribution in [3.8, 4) is 5.75 Å². The van der Waals surface area contributed by atoms with E-state index in [2.05, 4.69) is 9.88 Å². The van der Waals surface area contributed by atoms with Crippen LogP contribution in [0.3, 0.4) is 0 Å². The van der Waals surface area contributed by atoms with Crippen molar-refractivity contribution in [1.29, 1.82) is 0 Å². The van der Waals surface area contributed by atoms with Gasteiger partial charge in [0.15, 0.2) is 9.34 Å². The third kappa shape index (κ3) is 2.81. The summed E-state index contributed by atoms with van der Waals surface area (Å²) in [6.45, 7) is 0.834. The first-order valence-corrected chi connectivity index (χ1v) is 9.25. The van der Waals surface area contributed by atoms with Crippen molar-refractivity contribution >= 4 is 26.5 Å².